The number of halogens is 3. The quantitative estimate of drug-likeness (QED) is 0.837. The average Bonchev–Trinajstić information content (AvgIpc) is 2.40. The minimum absolute atomic E-state index is 0.531. The van der Waals surface area contributed by atoms with Crippen molar-refractivity contribution < 1.29 is 13.2 Å². The lowest BCUT2D eigenvalue weighted by atomic mass is 9.95. The lowest BCUT2D eigenvalue weighted by Gasteiger charge is -2.35. The molecule has 0 atom stereocenters. The fourth-order valence-electron chi connectivity index (χ4n) is 3.16. The van der Waals surface area contributed by atoms with Crippen molar-refractivity contribution in [3.8, 4) is 0 Å². The topological polar surface area (TPSA) is 18.5 Å². The molecule has 3 nitrogen and oxygen atoms in total. The van der Waals surface area contributed by atoms with Crippen molar-refractivity contribution in [2.45, 2.75) is 44.3 Å². The normalized spacial score (nSPS) is 24.1. The molecule has 1 N–H and O–H groups in total. The van der Waals surface area contributed by atoms with Crippen LogP contribution in [0.15, 0.2) is 0 Å². The summed E-state index contributed by atoms with van der Waals surface area (Å²) in [7, 11) is 0. The number of rotatable bonds is 5. The molecule has 1 heterocycles. The van der Waals surface area contributed by atoms with Crippen LogP contribution in [0.4, 0.5) is 13.2 Å². The molecule has 2 fully saturated rings. The van der Waals surface area contributed by atoms with Gasteiger partial charge < -0.3 is 5.32 Å². The predicted molar refractivity (Wildman–Crippen MR) is 73.8 cm³/mol. The highest BCUT2D eigenvalue weighted by Gasteiger charge is 2.31. The van der Waals surface area contributed by atoms with Crippen molar-refractivity contribution in [1.29, 1.82) is 0 Å². The van der Waals surface area contributed by atoms with Crippen molar-refractivity contribution in [2.75, 3.05) is 45.8 Å². The summed E-state index contributed by atoms with van der Waals surface area (Å²) >= 11 is 0. The van der Waals surface area contributed by atoms with Crippen LogP contribution in [0.5, 0.6) is 0 Å². The third-order valence-electron chi connectivity index (χ3n) is 4.33. The van der Waals surface area contributed by atoms with Gasteiger partial charge in [-0.25, -0.2) is 0 Å². The maximum absolute atomic E-state index is 12.3. The molecule has 1 saturated carbocycles. The molecular weight excluding hydrogens is 267 g/mol. The van der Waals surface area contributed by atoms with Gasteiger partial charge in [0.15, 0.2) is 0 Å². The summed E-state index contributed by atoms with van der Waals surface area (Å²) in [6.07, 6.45) is 2.50. The third-order valence-corrected chi connectivity index (χ3v) is 4.33. The number of nitrogens with zero attached hydrogens (tertiary/aromatic N) is 2. The highest BCUT2D eigenvalue weighted by molar-refractivity contribution is 4.76. The fourth-order valence-corrected chi connectivity index (χ4v) is 3.16. The summed E-state index contributed by atoms with van der Waals surface area (Å²) < 4.78 is 36.8. The molecule has 0 bridgehead atoms. The average molecular weight is 293 g/mol. The van der Waals surface area contributed by atoms with Gasteiger partial charge in [-0.05, 0) is 12.8 Å². The van der Waals surface area contributed by atoms with Crippen molar-refractivity contribution in [3.05, 3.63) is 0 Å². The van der Waals surface area contributed by atoms with E-state index in [0.29, 0.717) is 19.1 Å². The van der Waals surface area contributed by atoms with Crippen LogP contribution in [0.3, 0.4) is 0 Å². The summed E-state index contributed by atoms with van der Waals surface area (Å²) in [5.74, 6) is 0. The second kappa shape index (κ2) is 7.61. The molecule has 20 heavy (non-hydrogen) atoms. The lowest BCUT2D eigenvalue weighted by molar-refractivity contribution is -0.149. The van der Waals surface area contributed by atoms with Gasteiger partial charge in [0.1, 0.15) is 0 Å². The number of alkyl halides is 3. The first-order valence-electron chi connectivity index (χ1n) is 7.78. The Hall–Kier alpha value is -0.330. The first kappa shape index (κ1) is 16.0. The summed E-state index contributed by atoms with van der Waals surface area (Å²) in [6, 6.07) is 0.662. The zero-order valence-corrected chi connectivity index (χ0v) is 12.1. The Balaban J connectivity index is 1.55. The van der Waals surface area contributed by atoms with Crippen LogP contribution < -0.4 is 5.32 Å². The Labute approximate surface area is 119 Å². The molecule has 1 aliphatic heterocycles. The maximum Gasteiger partial charge on any atom is 0.401 e. The van der Waals surface area contributed by atoms with Gasteiger partial charge in [0.25, 0.3) is 0 Å². The van der Waals surface area contributed by atoms with E-state index in [9.17, 15) is 13.2 Å². The van der Waals surface area contributed by atoms with Gasteiger partial charge in [0.05, 0.1) is 6.54 Å². The number of hydrogen-bond acceptors (Lipinski definition) is 3. The molecule has 1 saturated heterocycles. The second-order valence-electron chi connectivity index (χ2n) is 6.02. The summed E-state index contributed by atoms with van der Waals surface area (Å²) in [4.78, 5) is 3.77. The molecule has 0 aromatic heterocycles. The van der Waals surface area contributed by atoms with Crippen LogP contribution in [0.2, 0.25) is 0 Å². The first-order chi connectivity index (χ1) is 9.53. The molecule has 2 rings (SSSR count). The molecule has 0 unspecified atom stereocenters. The van der Waals surface area contributed by atoms with Crippen molar-refractivity contribution >= 4 is 0 Å². The van der Waals surface area contributed by atoms with E-state index in [1.165, 1.54) is 37.0 Å². The molecule has 0 spiro atoms. The Kier molecular flexibility index (Phi) is 6.11. The van der Waals surface area contributed by atoms with Gasteiger partial charge in [0.2, 0.25) is 0 Å². The Morgan fingerprint density at radius 1 is 0.900 bits per heavy atom. The first-order valence-corrected chi connectivity index (χ1v) is 7.78. The Morgan fingerprint density at radius 3 is 2.10 bits per heavy atom. The molecule has 6 heteroatoms. The van der Waals surface area contributed by atoms with Crippen molar-refractivity contribution in [2.24, 2.45) is 0 Å². The molecule has 0 amide bonds. The monoisotopic (exact) mass is 293 g/mol. The van der Waals surface area contributed by atoms with Crippen LogP contribution in [0.1, 0.15) is 32.1 Å². The molecule has 0 radical (unpaired) electrons. The van der Waals surface area contributed by atoms with E-state index in [0.717, 1.165) is 26.2 Å². The van der Waals surface area contributed by atoms with E-state index < -0.39 is 12.7 Å². The van der Waals surface area contributed by atoms with Gasteiger partial charge >= 0.3 is 6.18 Å². The number of nitrogens with one attached hydrogen (secondary N) is 1. The van der Waals surface area contributed by atoms with Gasteiger partial charge in [0, 0.05) is 45.3 Å². The van der Waals surface area contributed by atoms with Gasteiger partial charge in [-0.2, -0.15) is 13.2 Å². The smallest absolute Gasteiger partial charge is 0.313 e. The minimum atomic E-state index is -4.06. The zero-order valence-electron chi connectivity index (χ0n) is 12.1. The zero-order chi connectivity index (χ0) is 14.4. The van der Waals surface area contributed by atoms with E-state index in [2.05, 4.69) is 10.2 Å². The van der Waals surface area contributed by atoms with Crippen molar-refractivity contribution in [1.82, 2.24) is 15.1 Å². The van der Waals surface area contributed by atoms with E-state index in [4.69, 9.17) is 0 Å². The molecule has 1 aliphatic carbocycles. The SMILES string of the molecule is FC(F)(F)CN1CCN(CCNC2CCCCC2)CC1. The van der Waals surface area contributed by atoms with Crippen LogP contribution in [0.25, 0.3) is 0 Å². The van der Waals surface area contributed by atoms with Crippen molar-refractivity contribution in [3.63, 3.8) is 0 Å². The minimum Gasteiger partial charge on any atom is -0.313 e. The molecular formula is C14H26F3N3. The second-order valence-corrected chi connectivity index (χ2v) is 6.02. The van der Waals surface area contributed by atoms with Crippen LogP contribution in [-0.2, 0) is 0 Å². The largest absolute Gasteiger partial charge is 0.401 e. The molecule has 0 aromatic carbocycles. The van der Waals surface area contributed by atoms with Gasteiger partial charge in [-0.3, -0.25) is 9.80 Å². The van der Waals surface area contributed by atoms with Gasteiger partial charge in [-0.15, -0.1) is 0 Å². The predicted octanol–water partition coefficient (Wildman–Crippen LogP) is 2.09. The third kappa shape index (κ3) is 5.97. The Bertz CT molecular complexity index is 269. The highest BCUT2D eigenvalue weighted by Crippen LogP contribution is 2.18. The standard InChI is InChI=1S/C14H26F3N3/c15-14(16,17)12-20-10-8-19(9-11-20)7-6-18-13-4-2-1-3-5-13/h13,18H,1-12H2. The fraction of sp³-hybridized carbons (Fsp3) is 1.00. The van der Waals surface area contributed by atoms with E-state index >= 15 is 0 Å². The van der Waals surface area contributed by atoms with E-state index in [1.54, 1.807) is 0 Å². The molecule has 0 aromatic rings. The van der Waals surface area contributed by atoms with Crippen LogP contribution in [0, 0.1) is 0 Å². The highest BCUT2D eigenvalue weighted by atomic mass is 19.4. The van der Waals surface area contributed by atoms with E-state index in [1.807, 2.05) is 0 Å². The van der Waals surface area contributed by atoms with Crippen LogP contribution >= 0.6 is 0 Å². The molecule has 2 aliphatic rings. The lowest BCUT2D eigenvalue weighted by Crippen LogP contribution is -2.50. The maximum atomic E-state index is 12.3. The number of hydrogen-bond donors (Lipinski definition) is 1. The molecule has 118 valence electrons. The summed E-state index contributed by atoms with van der Waals surface area (Å²) in [5, 5.41) is 3.58. The van der Waals surface area contributed by atoms with Gasteiger partial charge in [-0.1, -0.05) is 19.3 Å². The number of piperazine rings is 1. The summed E-state index contributed by atoms with van der Waals surface area (Å²) in [5.41, 5.74) is 0. The van der Waals surface area contributed by atoms with Crippen LogP contribution in [-0.4, -0.2) is 67.8 Å². The van der Waals surface area contributed by atoms with E-state index in [-0.39, 0.29) is 0 Å². The Morgan fingerprint density at radius 2 is 1.50 bits per heavy atom. The summed E-state index contributed by atoms with van der Waals surface area (Å²) in [6.45, 7) is 3.72.